The summed E-state index contributed by atoms with van der Waals surface area (Å²) in [7, 11) is 1.60. The number of benzene rings is 2. The fourth-order valence-electron chi connectivity index (χ4n) is 3.37. The van der Waals surface area contributed by atoms with Crippen LogP contribution in [-0.4, -0.2) is 34.1 Å². The fraction of sp³-hybridized carbons (Fsp3) is 0.120. The smallest absolute Gasteiger partial charge is 0.354 e. The number of aromatic nitrogens is 2. The number of carboxylic acids is 1. The van der Waals surface area contributed by atoms with Gasteiger partial charge in [-0.05, 0) is 54.4 Å². The molecular weight excluding hydrogens is 420 g/mol. The van der Waals surface area contributed by atoms with Crippen LogP contribution in [0.4, 0.5) is 11.5 Å². The number of rotatable bonds is 7. The molecule has 0 saturated heterocycles. The van der Waals surface area contributed by atoms with Gasteiger partial charge >= 0.3 is 5.97 Å². The fourth-order valence-corrected chi connectivity index (χ4v) is 3.37. The highest BCUT2D eigenvalue weighted by Gasteiger charge is 2.14. The summed E-state index contributed by atoms with van der Waals surface area (Å²) >= 11 is 0. The number of carbonyl (C=O) groups is 2. The van der Waals surface area contributed by atoms with E-state index in [2.05, 4.69) is 20.6 Å². The van der Waals surface area contributed by atoms with Gasteiger partial charge in [-0.3, -0.25) is 4.79 Å². The van der Waals surface area contributed by atoms with E-state index in [0.717, 1.165) is 22.0 Å². The molecule has 0 unspecified atom stereocenters. The highest BCUT2D eigenvalue weighted by molar-refractivity contribution is 6.08. The van der Waals surface area contributed by atoms with Crippen LogP contribution < -0.4 is 15.4 Å². The van der Waals surface area contributed by atoms with Gasteiger partial charge in [0.05, 0.1) is 18.2 Å². The van der Waals surface area contributed by atoms with Gasteiger partial charge in [-0.15, -0.1) is 0 Å². The Morgan fingerprint density at radius 1 is 1.06 bits per heavy atom. The minimum Gasteiger partial charge on any atom is -0.497 e. The summed E-state index contributed by atoms with van der Waals surface area (Å²) in [5, 5.41) is 16.1. The first-order chi connectivity index (χ1) is 15.9. The van der Waals surface area contributed by atoms with Crippen molar-refractivity contribution in [2.24, 2.45) is 0 Å². The third-order valence-corrected chi connectivity index (χ3v) is 5.15. The van der Waals surface area contributed by atoms with Crippen LogP contribution in [-0.2, 0) is 6.54 Å². The van der Waals surface area contributed by atoms with Crippen molar-refractivity contribution in [3.63, 3.8) is 0 Å². The molecule has 0 radical (unpaired) electrons. The van der Waals surface area contributed by atoms with Crippen molar-refractivity contribution in [2.75, 3.05) is 17.7 Å². The molecule has 2 aromatic heterocycles. The second-order valence-electron chi connectivity index (χ2n) is 7.42. The zero-order valence-corrected chi connectivity index (χ0v) is 18.1. The highest BCUT2D eigenvalue weighted by Crippen LogP contribution is 2.25. The van der Waals surface area contributed by atoms with Gasteiger partial charge in [0.2, 0.25) is 0 Å². The molecule has 2 heterocycles. The van der Waals surface area contributed by atoms with Crippen LogP contribution in [0.25, 0.3) is 10.9 Å². The van der Waals surface area contributed by atoms with Crippen molar-refractivity contribution < 1.29 is 19.4 Å². The molecule has 0 atom stereocenters. The van der Waals surface area contributed by atoms with Crippen LogP contribution in [0.2, 0.25) is 0 Å². The number of aryl methyl sites for hydroxylation is 1. The molecule has 0 bridgehead atoms. The van der Waals surface area contributed by atoms with Crippen LogP contribution in [0.5, 0.6) is 5.75 Å². The molecule has 0 spiro atoms. The first-order valence-corrected chi connectivity index (χ1v) is 10.2. The Kier molecular flexibility index (Phi) is 6.17. The molecule has 0 aliphatic carbocycles. The summed E-state index contributed by atoms with van der Waals surface area (Å²) in [6.45, 7) is 2.27. The Bertz CT molecular complexity index is 1340. The average Bonchev–Trinajstić information content (AvgIpc) is 2.83. The lowest BCUT2D eigenvalue weighted by atomic mass is 10.1. The topological polar surface area (TPSA) is 113 Å². The first kappa shape index (κ1) is 21.8. The number of nitrogens with one attached hydrogen (secondary N) is 2. The van der Waals surface area contributed by atoms with Crippen LogP contribution >= 0.6 is 0 Å². The predicted molar refractivity (Wildman–Crippen MR) is 126 cm³/mol. The Balaban J connectivity index is 1.53. The summed E-state index contributed by atoms with van der Waals surface area (Å²) in [5.41, 5.74) is 3.43. The maximum absolute atomic E-state index is 13.1. The molecule has 4 aromatic rings. The second kappa shape index (κ2) is 9.35. The van der Waals surface area contributed by atoms with E-state index in [9.17, 15) is 9.59 Å². The SMILES string of the molecule is COc1ccc2cc(C)c(NC(=O)c3ccccc3NCc3ccc(C(=O)O)nc3)nc2c1. The number of hydrogen-bond acceptors (Lipinski definition) is 6. The van der Waals surface area contributed by atoms with E-state index in [1.807, 2.05) is 37.3 Å². The van der Waals surface area contributed by atoms with E-state index in [-0.39, 0.29) is 11.6 Å². The molecule has 0 aliphatic heterocycles. The van der Waals surface area contributed by atoms with Crippen molar-refractivity contribution in [1.29, 1.82) is 0 Å². The number of pyridine rings is 2. The third-order valence-electron chi connectivity index (χ3n) is 5.15. The van der Waals surface area contributed by atoms with Crippen LogP contribution in [0.15, 0.2) is 66.9 Å². The largest absolute Gasteiger partial charge is 0.497 e. The lowest BCUT2D eigenvalue weighted by molar-refractivity contribution is 0.0690. The standard InChI is InChI=1S/C25H22N4O4/c1-15-11-17-8-9-18(33-2)12-22(17)28-23(15)29-24(30)19-5-3-4-6-20(19)26-13-16-7-10-21(25(31)32)27-14-16/h3-12,14,26H,13H2,1-2H3,(H,31,32)(H,28,29,30). The number of nitrogens with zero attached hydrogens (tertiary/aromatic N) is 2. The van der Waals surface area contributed by atoms with Crippen LogP contribution in [0, 0.1) is 6.92 Å². The van der Waals surface area contributed by atoms with Crippen molar-refractivity contribution in [3.05, 3.63) is 89.2 Å². The van der Waals surface area contributed by atoms with Gasteiger partial charge in [-0.1, -0.05) is 18.2 Å². The third kappa shape index (κ3) is 4.90. The van der Waals surface area contributed by atoms with Crippen molar-refractivity contribution in [3.8, 4) is 5.75 Å². The van der Waals surface area contributed by atoms with Gasteiger partial charge in [-0.25, -0.2) is 14.8 Å². The normalized spacial score (nSPS) is 10.6. The molecule has 1 amide bonds. The number of carboxylic acid groups (broad SMARTS) is 1. The number of ether oxygens (including phenoxy) is 1. The molecule has 0 fully saturated rings. The molecule has 33 heavy (non-hydrogen) atoms. The van der Waals surface area contributed by atoms with E-state index in [1.165, 1.54) is 12.3 Å². The van der Waals surface area contributed by atoms with E-state index < -0.39 is 5.97 Å². The van der Waals surface area contributed by atoms with Gasteiger partial charge in [0.25, 0.3) is 5.91 Å². The highest BCUT2D eigenvalue weighted by atomic mass is 16.5. The molecular formula is C25H22N4O4. The van der Waals surface area contributed by atoms with Crippen LogP contribution in [0.1, 0.15) is 32.0 Å². The van der Waals surface area contributed by atoms with Crippen LogP contribution in [0.3, 0.4) is 0 Å². The lowest BCUT2D eigenvalue weighted by Gasteiger charge is -2.14. The summed E-state index contributed by atoms with van der Waals surface area (Å²) in [6, 6.07) is 17.9. The zero-order valence-electron chi connectivity index (χ0n) is 18.1. The molecule has 0 saturated carbocycles. The Morgan fingerprint density at radius 2 is 1.88 bits per heavy atom. The van der Waals surface area contributed by atoms with Crippen molar-refractivity contribution in [1.82, 2.24) is 9.97 Å². The van der Waals surface area contributed by atoms with Crippen molar-refractivity contribution in [2.45, 2.75) is 13.5 Å². The molecule has 2 aromatic carbocycles. The number of methoxy groups -OCH3 is 1. The van der Waals surface area contributed by atoms with Gasteiger partial charge in [0.15, 0.2) is 0 Å². The Labute approximate surface area is 190 Å². The Hall–Kier alpha value is -4.46. The Morgan fingerprint density at radius 3 is 2.61 bits per heavy atom. The maximum Gasteiger partial charge on any atom is 0.354 e. The van der Waals surface area contributed by atoms with Crippen molar-refractivity contribution >= 4 is 34.3 Å². The predicted octanol–water partition coefficient (Wildman–Crippen LogP) is 4.51. The molecule has 166 valence electrons. The quantitative estimate of drug-likeness (QED) is 0.386. The molecule has 3 N–H and O–H groups in total. The molecule has 0 aliphatic rings. The summed E-state index contributed by atoms with van der Waals surface area (Å²) in [5.74, 6) is -0.205. The second-order valence-corrected chi connectivity index (χ2v) is 7.42. The molecule has 8 heteroatoms. The number of anilines is 2. The number of aromatic carboxylic acids is 1. The molecule has 8 nitrogen and oxygen atoms in total. The summed E-state index contributed by atoms with van der Waals surface area (Å²) in [6.07, 6.45) is 1.50. The summed E-state index contributed by atoms with van der Waals surface area (Å²) in [4.78, 5) is 32.6. The first-order valence-electron chi connectivity index (χ1n) is 10.2. The van der Waals surface area contributed by atoms with Gasteiger partial charge in [0, 0.05) is 29.9 Å². The maximum atomic E-state index is 13.1. The van der Waals surface area contributed by atoms with E-state index in [0.29, 0.717) is 29.4 Å². The number of para-hydroxylation sites is 1. The number of hydrogen-bond donors (Lipinski definition) is 3. The number of carbonyl (C=O) groups excluding carboxylic acids is 1. The van der Waals surface area contributed by atoms with Gasteiger partial charge < -0.3 is 20.5 Å². The van der Waals surface area contributed by atoms with Gasteiger partial charge in [0.1, 0.15) is 17.3 Å². The minimum absolute atomic E-state index is 0.0191. The minimum atomic E-state index is -1.08. The van der Waals surface area contributed by atoms with E-state index in [4.69, 9.17) is 9.84 Å². The lowest BCUT2D eigenvalue weighted by Crippen LogP contribution is -2.16. The van der Waals surface area contributed by atoms with E-state index >= 15 is 0 Å². The number of amides is 1. The molecule has 4 rings (SSSR count). The summed E-state index contributed by atoms with van der Waals surface area (Å²) < 4.78 is 5.27. The van der Waals surface area contributed by atoms with E-state index in [1.54, 1.807) is 31.4 Å². The number of fused-ring (bicyclic) bond motifs is 1. The van der Waals surface area contributed by atoms with Gasteiger partial charge in [-0.2, -0.15) is 0 Å². The monoisotopic (exact) mass is 442 g/mol. The zero-order chi connectivity index (χ0) is 23.4. The average molecular weight is 442 g/mol.